The largest absolute Gasteiger partial charge is 0.360 e. The van der Waals surface area contributed by atoms with Crippen molar-refractivity contribution in [3.05, 3.63) is 36.1 Å². The average Bonchev–Trinajstić information content (AvgIpc) is 3.12. The van der Waals surface area contributed by atoms with Crippen molar-refractivity contribution in [3.8, 4) is 0 Å². The zero-order chi connectivity index (χ0) is 16.6. The molecule has 23 heavy (non-hydrogen) atoms. The van der Waals surface area contributed by atoms with E-state index in [0.717, 1.165) is 0 Å². The highest BCUT2D eigenvalue weighted by molar-refractivity contribution is 7.92. The van der Waals surface area contributed by atoms with Crippen LogP contribution in [0, 0.1) is 6.92 Å². The normalized spacial score (nSPS) is 13.1. The lowest BCUT2D eigenvalue weighted by Crippen LogP contribution is -2.33. The summed E-state index contributed by atoms with van der Waals surface area (Å²) in [7, 11) is -3.95. The van der Waals surface area contributed by atoms with Gasteiger partial charge in [0.2, 0.25) is 20.9 Å². The van der Waals surface area contributed by atoms with Crippen molar-refractivity contribution in [1.29, 1.82) is 0 Å². The topological polar surface area (TPSA) is 118 Å². The lowest BCUT2D eigenvalue weighted by atomic mass is 10.3. The van der Waals surface area contributed by atoms with Crippen LogP contribution in [0.3, 0.4) is 0 Å². The molecule has 1 amide bonds. The van der Waals surface area contributed by atoms with E-state index in [9.17, 15) is 13.2 Å². The fourth-order valence-corrected chi connectivity index (χ4v) is 3.18. The number of hydrogen-bond donors (Lipinski definition) is 2. The Morgan fingerprint density at radius 2 is 2.09 bits per heavy atom. The van der Waals surface area contributed by atoms with Gasteiger partial charge in [0.15, 0.2) is 5.82 Å². The number of fused-ring (bicyclic) bond motifs is 1. The number of carbonyl (C=O) groups excluding carboxylic acids is 1. The summed E-state index contributed by atoms with van der Waals surface area (Å²) in [4.78, 5) is 18.9. The van der Waals surface area contributed by atoms with Gasteiger partial charge < -0.3 is 14.8 Å². The Bertz CT molecular complexity index is 941. The van der Waals surface area contributed by atoms with Crippen molar-refractivity contribution in [1.82, 2.24) is 15.1 Å². The number of carbonyl (C=O) groups is 1. The molecule has 0 radical (unpaired) electrons. The van der Waals surface area contributed by atoms with Gasteiger partial charge in [0.05, 0.1) is 11.0 Å². The Hall–Kier alpha value is -2.68. The fraction of sp³-hybridized carbons (Fsp3) is 0.214. The molecule has 0 spiro atoms. The summed E-state index contributed by atoms with van der Waals surface area (Å²) >= 11 is 0. The number of nitrogens with zero attached hydrogens (tertiary/aromatic N) is 2. The van der Waals surface area contributed by atoms with Gasteiger partial charge in [-0.3, -0.25) is 4.79 Å². The molecule has 3 aromatic rings. The maximum absolute atomic E-state index is 12.5. The third kappa shape index (κ3) is 2.82. The van der Waals surface area contributed by atoms with Crippen molar-refractivity contribution in [2.45, 2.75) is 24.3 Å². The third-order valence-electron chi connectivity index (χ3n) is 3.35. The molecule has 9 heteroatoms. The number of sulfone groups is 1. The zero-order valence-corrected chi connectivity index (χ0v) is 13.2. The van der Waals surface area contributed by atoms with E-state index < -0.39 is 21.0 Å². The van der Waals surface area contributed by atoms with Gasteiger partial charge in [0.25, 0.3) is 0 Å². The summed E-state index contributed by atoms with van der Waals surface area (Å²) in [6, 6.07) is 8.42. The maximum Gasteiger partial charge on any atom is 0.244 e. The highest BCUT2D eigenvalue weighted by Gasteiger charge is 2.33. The first-order valence-corrected chi connectivity index (χ1v) is 8.35. The van der Waals surface area contributed by atoms with Crippen LogP contribution in [0.1, 0.15) is 12.7 Å². The number of hydrogen-bond acceptors (Lipinski definition) is 6. The van der Waals surface area contributed by atoms with Gasteiger partial charge in [0, 0.05) is 6.07 Å². The summed E-state index contributed by atoms with van der Waals surface area (Å²) in [5.41, 5.74) is 1.11. The molecular formula is C14H14N4O4S. The van der Waals surface area contributed by atoms with Crippen LogP contribution < -0.4 is 5.32 Å². The zero-order valence-electron chi connectivity index (χ0n) is 12.4. The van der Waals surface area contributed by atoms with Crippen molar-refractivity contribution < 1.29 is 17.7 Å². The molecule has 8 nitrogen and oxygen atoms in total. The molecule has 0 saturated heterocycles. The van der Waals surface area contributed by atoms with Gasteiger partial charge in [-0.25, -0.2) is 13.4 Å². The van der Waals surface area contributed by atoms with Crippen LogP contribution in [0.5, 0.6) is 0 Å². The number of nitrogens with one attached hydrogen (secondary N) is 2. The first kappa shape index (κ1) is 15.2. The lowest BCUT2D eigenvalue weighted by molar-refractivity contribution is -0.115. The standard InChI is InChI=1S/C14H14N4O4S/c1-8-7-12(18-22-8)17-13(19)9(2)23(20,21)14-15-10-5-3-4-6-11(10)16-14/h3-7,9H,1-2H3,(H,15,16)(H,17,18,19). The minimum Gasteiger partial charge on any atom is -0.360 e. The smallest absolute Gasteiger partial charge is 0.244 e. The van der Waals surface area contributed by atoms with Gasteiger partial charge in [-0.1, -0.05) is 17.3 Å². The van der Waals surface area contributed by atoms with Crippen molar-refractivity contribution >= 4 is 32.6 Å². The molecule has 0 aliphatic carbocycles. The quantitative estimate of drug-likeness (QED) is 0.749. The van der Waals surface area contributed by atoms with Gasteiger partial charge in [0.1, 0.15) is 11.0 Å². The first-order valence-electron chi connectivity index (χ1n) is 6.81. The molecule has 0 bridgehead atoms. The van der Waals surface area contributed by atoms with Crippen LogP contribution in [0.4, 0.5) is 5.82 Å². The summed E-state index contributed by atoms with van der Waals surface area (Å²) in [5, 5.41) is 4.44. The first-order chi connectivity index (χ1) is 10.9. The van der Waals surface area contributed by atoms with E-state index in [1.807, 2.05) is 0 Å². The number of aromatic nitrogens is 3. The molecule has 0 aliphatic heterocycles. The van der Waals surface area contributed by atoms with E-state index in [1.54, 1.807) is 31.2 Å². The van der Waals surface area contributed by atoms with Gasteiger partial charge in [-0.2, -0.15) is 0 Å². The molecule has 1 atom stereocenters. The van der Waals surface area contributed by atoms with Gasteiger partial charge in [-0.05, 0) is 26.0 Å². The van der Waals surface area contributed by atoms with E-state index in [4.69, 9.17) is 4.52 Å². The van der Waals surface area contributed by atoms with E-state index in [-0.39, 0.29) is 11.0 Å². The number of para-hydroxylation sites is 2. The molecule has 1 aromatic carbocycles. The monoisotopic (exact) mass is 334 g/mol. The molecule has 0 saturated carbocycles. The molecule has 0 fully saturated rings. The summed E-state index contributed by atoms with van der Waals surface area (Å²) < 4.78 is 29.9. The van der Waals surface area contributed by atoms with E-state index in [1.165, 1.54) is 13.0 Å². The van der Waals surface area contributed by atoms with Gasteiger partial charge >= 0.3 is 0 Å². The Labute approximate surface area is 131 Å². The summed E-state index contributed by atoms with van der Waals surface area (Å²) in [5.74, 6) is -0.0361. The van der Waals surface area contributed by atoms with E-state index in [0.29, 0.717) is 16.8 Å². The van der Waals surface area contributed by atoms with Crippen LogP contribution >= 0.6 is 0 Å². The van der Waals surface area contributed by atoms with Crippen molar-refractivity contribution in [2.75, 3.05) is 5.32 Å². The molecule has 2 N–H and O–H groups in total. The second kappa shape index (κ2) is 5.51. The van der Waals surface area contributed by atoms with Crippen LogP contribution in [-0.4, -0.2) is 34.7 Å². The number of H-pyrrole nitrogens is 1. The van der Waals surface area contributed by atoms with Crippen LogP contribution in [0.2, 0.25) is 0 Å². The predicted molar refractivity (Wildman–Crippen MR) is 82.6 cm³/mol. The minimum absolute atomic E-state index is 0.166. The fourth-order valence-electron chi connectivity index (χ4n) is 2.03. The molecule has 1 unspecified atom stereocenters. The van der Waals surface area contributed by atoms with E-state index in [2.05, 4.69) is 20.4 Å². The summed E-state index contributed by atoms with van der Waals surface area (Å²) in [6.45, 7) is 2.96. The number of rotatable bonds is 4. The molecule has 2 heterocycles. The molecule has 2 aromatic heterocycles. The minimum atomic E-state index is -3.95. The second-order valence-corrected chi connectivity index (χ2v) is 7.24. The van der Waals surface area contributed by atoms with Crippen molar-refractivity contribution in [2.24, 2.45) is 0 Å². The molecule has 3 rings (SSSR count). The average molecular weight is 334 g/mol. The van der Waals surface area contributed by atoms with E-state index >= 15 is 0 Å². The number of imidazole rings is 1. The van der Waals surface area contributed by atoms with Crippen molar-refractivity contribution in [3.63, 3.8) is 0 Å². The lowest BCUT2D eigenvalue weighted by Gasteiger charge is -2.09. The highest BCUT2D eigenvalue weighted by Crippen LogP contribution is 2.19. The Kier molecular flexibility index (Phi) is 3.64. The predicted octanol–water partition coefficient (Wildman–Crippen LogP) is 1.66. The number of aryl methyl sites for hydroxylation is 1. The Morgan fingerprint density at radius 3 is 2.74 bits per heavy atom. The molecule has 120 valence electrons. The number of amides is 1. The highest BCUT2D eigenvalue weighted by atomic mass is 32.2. The second-order valence-electron chi connectivity index (χ2n) is 5.06. The molecular weight excluding hydrogens is 320 g/mol. The Morgan fingerprint density at radius 1 is 1.35 bits per heavy atom. The van der Waals surface area contributed by atoms with Crippen LogP contribution in [0.25, 0.3) is 11.0 Å². The SMILES string of the molecule is Cc1cc(NC(=O)C(C)S(=O)(=O)c2nc3ccccc3[nH]2)no1. The van der Waals surface area contributed by atoms with Gasteiger partial charge in [-0.15, -0.1) is 0 Å². The number of anilines is 1. The number of benzene rings is 1. The summed E-state index contributed by atoms with van der Waals surface area (Å²) in [6.07, 6.45) is 0. The maximum atomic E-state index is 12.5. The van der Waals surface area contributed by atoms with Crippen LogP contribution in [-0.2, 0) is 14.6 Å². The van der Waals surface area contributed by atoms with Crippen LogP contribution in [0.15, 0.2) is 40.0 Å². The Balaban J connectivity index is 1.87. The molecule has 0 aliphatic rings. The number of aromatic amines is 1. The third-order valence-corrected chi connectivity index (χ3v) is 5.23.